The Morgan fingerprint density at radius 2 is 2.00 bits per heavy atom. The summed E-state index contributed by atoms with van der Waals surface area (Å²) in [5.74, 6) is -0.565. The first-order chi connectivity index (χ1) is 5.74. The van der Waals surface area contributed by atoms with E-state index in [2.05, 4.69) is 26.0 Å². The molecule has 4 nitrogen and oxygen atoms in total. The van der Waals surface area contributed by atoms with E-state index in [1.807, 2.05) is 0 Å². The van der Waals surface area contributed by atoms with Crippen molar-refractivity contribution in [1.29, 1.82) is 0 Å². The van der Waals surface area contributed by atoms with Crippen molar-refractivity contribution in [1.82, 2.24) is 0 Å². The molecule has 0 spiro atoms. The quantitative estimate of drug-likeness (QED) is 0.412. The van der Waals surface area contributed by atoms with Crippen LogP contribution in [0, 0.1) is 0 Å². The van der Waals surface area contributed by atoms with E-state index in [0.717, 1.165) is 4.47 Å². The number of benzene rings is 1. The predicted octanol–water partition coefficient (Wildman–Crippen LogP) is 2.90. The molecule has 0 saturated heterocycles. The minimum absolute atomic E-state index is 0.385. The SMILES string of the molecule is [N-]=[N+]=NC(=O)c1ccc(Br)cc1. The minimum Gasteiger partial charge on any atom is -0.287 e. The molecule has 0 saturated carbocycles. The Morgan fingerprint density at radius 3 is 2.50 bits per heavy atom. The van der Waals surface area contributed by atoms with E-state index in [1.165, 1.54) is 0 Å². The van der Waals surface area contributed by atoms with Gasteiger partial charge in [0.25, 0.3) is 0 Å². The third-order valence-electron chi connectivity index (χ3n) is 1.23. The fraction of sp³-hybridized carbons (Fsp3) is 0. The van der Waals surface area contributed by atoms with Crippen LogP contribution in [-0.2, 0) is 0 Å². The van der Waals surface area contributed by atoms with Gasteiger partial charge in [-0.2, -0.15) is 0 Å². The summed E-state index contributed by atoms with van der Waals surface area (Å²) in [6.45, 7) is 0. The molecule has 1 aromatic carbocycles. The molecule has 0 heterocycles. The van der Waals surface area contributed by atoms with Crippen LogP contribution >= 0.6 is 15.9 Å². The van der Waals surface area contributed by atoms with Crippen molar-refractivity contribution in [2.45, 2.75) is 0 Å². The van der Waals surface area contributed by atoms with Crippen LogP contribution in [0.4, 0.5) is 0 Å². The fourth-order valence-electron chi connectivity index (χ4n) is 0.691. The summed E-state index contributed by atoms with van der Waals surface area (Å²) in [6.07, 6.45) is 0. The summed E-state index contributed by atoms with van der Waals surface area (Å²) in [5.41, 5.74) is 8.37. The Labute approximate surface area is 77.0 Å². The maximum absolute atomic E-state index is 10.9. The number of nitrogens with zero attached hydrogens (tertiary/aromatic N) is 3. The number of hydrogen-bond acceptors (Lipinski definition) is 1. The number of carbonyl (C=O) groups excluding carboxylic acids is 1. The van der Waals surface area contributed by atoms with Gasteiger partial charge in [-0.3, -0.25) is 4.79 Å². The van der Waals surface area contributed by atoms with Gasteiger partial charge >= 0.3 is 0 Å². The van der Waals surface area contributed by atoms with Crippen molar-refractivity contribution in [3.05, 3.63) is 44.7 Å². The molecule has 0 unspecified atom stereocenters. The smallest absolute Gasteiger partial charge is 0.249 e. The first kappa shape index (κ1) is 8.77. The highest BCUT2D eigenvalue weighted by molar-refractivity contribution is 9.10. The lowest BCUT2D eigenvalue weighted by atomic mass is 10.2. The van der Waals surface area contributed by atoms with E-state index < -0.39 is 5.91 Å². The van der Waals surface area contributed by atoms with Crippen LogP contribution in [0.3, 0.4) is 0 Å². The van der Waals surface area contributed by atoms with E-state index in [-0.39, 0.29) is 0 Å². The van der Waals surface area contributed by atoms with Gasteiger partial charge in [0.1, 0.15) is 0 Å². The van der Waals surface area contributed by atoms with Gasteiger partial charge < -0.3 is 0 Å². The molecule has 60 valence electrons. The van der Waals surface area contributed by atoms with Crippen LogP contribution in [0.15, 0.2) is 33.9 Å². The van der Waals surface area contributed by atoms with Gasteiger partial charge in [0.15, 0.2) is 0 Å². The number of carbonyl (C=O) groups is 1. The molecule has 0 N–H and O–H groups in total. The van der Waals surface area contributed by atoms with Crippen LogP contribution in [0.25, 0.3) is 10.4 Å². The molecule has 0 bridgehead atoms. The first-order valence-electron chi connectivity index (χ1n) is 3.09. The predicted molar refractivity (Wildman–Crippen MR) is 47.6 cm³/mol. The van der Waals surface area contributed by atoms with Crippen molar-refractivity contribution in [2.75, 3.05) is 0 Å². The van der Waals surface area contributed by atoms with E-state index in [4.69, 9.17) is 5.53 Å². The Hall–Kier alpha value is -1.32. The van der Waals surface area contributed by atoms with E-state index in [9.17, 15) is 4.79 Å². The molecule has 0 radical (unpaired) electrons. The highest BCUT2D eigenvalue weighted by Crippen LogP contribution is 2.11. The van der Waals surface area contributed by atoms with Crippen LogP contribution in [0.5, 0.6) is 0 Å². The number of rotatable bonds is 1. The van der Waals surface area contributed by atoms with Gasteiger partial charge in [-0.1, -0.05) is 28.1 Å². The molecular formula is C7H4BrN3O. The standard InChI is InChI=1S/C7H4BrN3O/c8-6-3-1-5(2-4-6)7(12)10-11-9/h1-4H. The zero-order chi connectivity index (χ0) is 8.97. The third-order valence-corrected chi connectivity index (χ3v) is 1.76. The molecule has 0 atom stereocenters. The summed E-state index contributed by atoms with van der Waals surface area (Å²) >= 11 is 3.22. The van der Waals surface area contributed by atoms with Crippen molar-refractivity contribution in [3.63, 3.8) is 0 Å². The maximum Gasteiger partial charge on any atom is 0.249 e. The number of halogens is 1. The lowest BCUT2D eigenvalue weighted by Crippen LogP contribution is -1.91. The van der Waals surface area contributed by atoms with Gasteiger partial charge in [0.05, 0.1) is 0 Å². The summed E-state index contributed by atoms with van der Waals surface area (Å²) in [5, 5.41) is 2.95. The van der Waals surface area contributed by atoms with Crippen molar-refractivity contribution in [2.24, 2.45) is 5.11 Å². The Bertz CT molecular complexity index is 340. The average molecular weight is 226 g/mol. The zero-order valence-electron chi connectivity index (χ0n) is 5.94. The van der Waals surface area contributed by atoms with Gasteiger partial charge in [0, 0.05) is 14.9 Å². The molecule has 5 heteroatoms. The van der Waals surface area contributed by atoms with E-state index in [1.54, 1.807) is 24.3 Å². The minimum atomic E-state index is -0.565. The second kappa shape index (κ2) is 3.90. The maximum atomic E-state index is 10.9. The Balaban J connectivity index is 2.97. The molecule has 1 rings (SSSR count). The fourth-order valence-corrected chi connectivity index (χ4v) is 0.955. The summed E-state index contributed by atoms with van der Waals surface area (Å²) in [7, 11) is 0. The normalized spacial score (nSPS) is 8.75. The zero-order valence-corrected chi connectivity index (χ0v) is 7.52. The summed E-state index contributed by atoms with van der Waals surface area (Å²) in [4.78, 5) is 13.3. The molecular weight excluding hydrogens is 222 g/mol. The number of hydrogen-bond donors (Lipinski definition) is 0. The third kappa shape index (κ3) is 2.08. The van der Waals surface area contributed by atoms with Gasteiger partial charge in [-0.15, -0.1) is 0 Å². The Kier molecular flexibility index (Phi) is 2.85. The van der Waals surface area contributed by atoms with Crippen LogP contribution in [-0.4, -0.2) is 5.91 Å². The molecule has 0 fully saturated rings. The van der Waals surface area contributed by atoms with Gasteiger partial charge in [0.2, 0.25) is 5.91 Å². The molecule has 1 aromatic rings. The van der Waals surface area contributed by atoms with E-state index >= 15 is 0 Å². The summed E-state index contributed by atoms with van der Waals surface area (Å²) in [6, 6.07) is 6.59. The largest absolute Gasteiger partial charge is 0.287 e. The van der Waals surface area contributed by atoms with Crippen LogP contribution < -0.4 is 0 Å². The molecule has 1 amide bonds. The second-order valence-electron chi connectivity index (χ2n) is 2.00. The average Bonchev–Trinajstić information content (AvgIpc) is 2.06. The topological polar surface area (TPSA) is 65.8 Å². The Morgan fingerprint density at radius 1 is 1.42 bits per heavy atom. The monoisotopic (exact) mass is 225 g/mol. The number of azide groups is 1. The lowest BCUT2D eigenvalue weighted by molar-refractivity contribution is 0.100. The molecule has 0 aliphatic rings. The van der Waals surface area contributed by atoms with E-state index in [0.29, 0.717) is 5.56 Å². The van der Waals surface area contributed by atoms with Crippen LogP contribution in [0.1, 0.15) is 10.4 Å². The molecule has 12 heavy (non-hydrogen) atoms. The van der Waals surface area contributed by atoms with Crippen molar-refractivity contribution >= 4 is 21.8 Å². The van der Waals surface area contributed by atoms with Gasteiger partial charge in [-0.25, -0.2) is 0 Å². The van der Waals surface area contributed by atoms with Gasteiger partial charge in [-0.05, 0) is 22.8 Å². The highest BCUT2D eigenvalue weighted by atomic mass is 79.9. The van der Waals surface area contributed by atoms with Crippen molar-refractivity contribution in [3.8, 4) is 0 Å². The first-order valence-corrected chi connectivity index (χ1v) is 3.88. The molecule has 0 aromatic heterocycles. The molecule has 0 aliphatic carbocycles. The summed E-state index contributed by atoms with van der Waals surface area (Å²) < 4.78 is 0.875. The second-order valence-corrected chi connectivity index (χ2v) is 2.92. The van der Waals surface area contributed by atoms with Crippen molar-refractivity contribution < 1.29 is 4.79 Å². The number of amides is 1. The van der Waals surface area contributed by atoms with Crippen LogP contribution in [0.2, 0.25) is 0 Å². The molecule has 0 aliphatic heterocycles. The lowest BCUT2D eigenvalue weighted by Gasteiger charge is -1.92. The highest BCUT2D eigenvalue weighted by Gasteiger charge is 2.00.